The summed E-state index contributed by atoms with van der Waals surface area (Å²) in [5, 5.41) is 0. The highest BCUT2D eigenvalue weighted by Gasteiger charge is 2.45. The lowest BCUT2D eigenvalue weighted by Gasteiger charge is -2.24. The molecule has 2 aromatic rings. The van der Waals surface area contributed by atoms with Gasteiger partial charge in [-0.3, -0.25) is 4.18 Å². The highest BCUT2D eigenvalue weighted by Crippen LogP contribution is 2.35. The van der Waals surface area contributed by atoms with E-state index >= 15 is 0 Å². The molecule has 4 atom stereocenters. The van der Waals surface area contributed by atoms with Crippen molar-refractivity contribution in [2.75, 3.05) is 40.5 Å². The van der Waals surface area contributed by atoms with Gasteiger partial charge in [0.15, 0.2) is 12.6 Å². The maximum Gasteiger partial charge on any atom is 0.342 e. The standard InChI is InChI=1S/C37H52O12SSi/c1-26(24-46-50(6,40)41)18-19-30(47-35(38)27-14-11-10-12-15-27)34-31(48-37(2,3)49-34)17-13-16-28-22-29(43-5)23-32(45-25-42-4)33(28)36(39)44-20-21-51(7,8)9/h10-16,18-19,22-23,26,30-31,34H,17,20-21,24-25H2,1-9H3/b16-13+,19-18-/t26-,30?,31-,34-/m1/s1. The van der Waals surface area contributed by atoms with Gasteiger partial charge in [0.2, 0.25) is 0 Å². The summed E-state index contributed by atoms with van der Waals surface area (Å²) in [5.41, 5.74) is 1.08. The van der Waals surface area contributed by atoms with E-state index in [2.05, 4.69) is 19.6 Å². The van der Waals surface area contributed by atoms with Gasteiger partial charge in [0, 0.05) is 21.3 Å². The number of hydrogen-bond acceptors (Lipinski definition) is 12. The summed E-state index contributed by atoms with van der Waals surface area (Å²) in [5.74, 6) is -1.75. The van der Waals surface area contributed by atoms with Crippen molar-refractivity contribution in [3.63, 3.8) is 0 Å². The minimum atomic E-state index is -3.64. The topological polar surface area (TPSA) is 142 Å². The summed E-state index contributed by atoms with van der Waals surface area (Å²) in [4.78, 5) is 26.7. The van der Waals surface area contributed by atoms with Crippen molar-refractivity contribution < 1.29 is 55.3 Å². The molecule has 0 bridgehead atoms. The summed E-state index contributed by atoms with van der Waals surface area (Å²) in [7, 11) is -2.10. The molecule has 282 valence electrons. The Balaban J connectivity index is 1.94. The minimum Gasteiger partial charge on any atom is -0.497 e. The molecule has 1 aliphatic rings. The van der Waals surface area contributed by atoms with Crippen LogP contribution >= 0.6 is 0 Å². The van der Waals surface area contributed by atoms with Gasteiger partial charge in [-0.15, -0.1) is 0 Å². The van der Waals surface area contributed by atoms with Crippen molar-refractivity contribution in [1.82, 2.24) is 0 Å². The highest BCUT2D eigenvalue weighted by molar-refractivity contribution is 7.85. The minimum absolute atomic E-state index is 0.0894. The summed E-state index contributed by atoms with van der Waals surface area (Å²) in [6.07, 6.45) is 5.98. The molecule has 51 heavy (non-hydrogen) atoms. The average Bonchev–Trinajstić information content (AvgIpc) is 3.37. The monoisotopic (exact) mass is 748 g/mol. The first-order valence-corrected chi connectivity index (χ1v) is 22.3. The van der Waals surface area contributed by atoms with E-state index in [4.69, 9.17) is 37.3 Å². The van der Waals surface area contributed by atoms with Gasteiger partial charge in [0.05, 0.1) is 38.2 Å². The van der Waals surface area contributed by atoms with E-state index in [9.17, 15) is 18.0 Å². The summed E-state index contributed by atoms with van der Waals surface area (Å²) in [6, 6.07) is 12.7. The van der Waals surface area contributed by atoms with E-state index in [1.54, 1.807) is 81.5 Å². The van der Waals surface area contributed by atoms with Gasteiger partial charge in [0.25, 0.3) is 10.1 Å². The molecule has 0 amide bonds. The summed E-state index contributed by atoms with van der Waals surface area (Å²) in [6.45, 7) is 12.0. The Bertz CT molecular complexity index is 1620. The second kappa shape index (κ2) is 18.8. The molecule has 0 N–H and O–H groups in total. The third kappa shape index (κ3) is 14.2. The Labute approximate surface area is 303 Å². The van der Waals surface area contributed by atoms with Crippen LogP contribution in [-0.2, 0) is 38.0 Å². The van der Waals surface area contributed by atoms with Crippen LogP contribution in [0, 0.1) is 5.92 Å². The second-order valence-corrected chi connectivity index (χ2v) is 21.2. The number of benzene rings is 2. The van der Waals surface area contributed by atoms with Crippen LogP contribution in [0.1, 0.15) is 53.5 Å². The first-order valence-electron chi connectivity index (χ1n) is 16.7. The Morgan fingerprint density at radius 3 is 2.35 bits per heavy atom. The van der Waals surface area contributed by atoms with Gasteiger partial charge < -0.3 is 33.2 Å². The van der Waals surface area contributed by atoms with Crippen molar-refractivity contribution in [2.45, 2.75) is 77.0 Å². The number of esters is 2. The van der Waals surface area contributed by atoms with Crippen LogP contribution < -0.4 is 9.47 Å². The molecular formula is C37H52O12SSi. The predicted molar refractivity (Wildman–Crippen MR) is 196 cm³/mol. The fraction of sp³-hybridized carbons (Fsp3) is 0.514. The third-order valence-electron chi connectivity index (χ3n) is 7.60. The zero-order valence-corrected chi connectivity index (χ0v) is 32.8. The molecule has 14 heteroatoms. The fourth-order valence-electron chi connectivity index (χ4n) is 5.06. The van der Waals surface area contributed by atoms with Crippen molar-refractivity contribution >= 4 is 36.2 Å². The Hall–Kier alpha value is -3.53. The largest absolute Gasteiger partial charge is 0.497 e. The van der Waals surface area contributed by atoms with Crippen molar-refractivity contribution in [3.8, 4) is 11.5 Å². The first-order chi connectivity index (χ1) is 23.9. The maximum atomic E-state index is 13.5. The van der Waals surface area contributed by atoms with E-state index in [1.807, 2.05) is 6.08 Å². The molecular weight excluding hydrogens is 697 g/mol. The molecule has 0 spiro atoms. The first kappa shape index (κ1) is 41.9. The van der Waals surface area contributed by atoms with Crippen molar-refractivity contribution in [2.24, 2.45) is 5.92 Å². The fourth-order valence-corrected chi connectivity index (χ4v) is 6.23. The van der Waals surface area contributed by atoms with Gasteiger partial charge in [-0.1, -0.05) is 63.0 Å². The molecule has 1 aliphatic heterocycles. The van der Waals surface area contributed by atoms with Gasteiger partial charge >= 0.3 is 11.9 Å². The summed E-state index contributed by atoms with van der Waals surface area (Å²) < 4.78 is 68.7. The van der Waals surface area contributed by atoms with E-state index in [0.29, 0.717) is 23.3 Å². The Kier molecular flexibility index (Phi) is 15.4. The lowest BCUT2D eigenvalue weighted by molar-refractivity contribution is -0.152. The smallest absolute Gasteiger partial charge is 0.342 e. The molecule has 1 heterocycles. The molecule has 0 radical (unpaired) electrons. The molecule has 12 nitrogen and oxygen atoms in total. The van der Waals surface area contributed by atoms with Gasteiger partial charge in [-0.25, -0.2) is 9.59 Å². The molecule has 0 aliphatic carbocycles. The number of ether oxygens (including phenoxy) is 7. The predicted octanol–water partition coefficient (Wildman–Crippen LogP) is 6.49. The molecule has 1 saturated heterocycles. The van der Waals surface area contributed by atoms with Crippen molar-refractivity contribution in [1.29, 1.82) is 0 Å². The zero-order valence-electron chi connectivity index (χ0n) is 31.0. The Morgan fingerprint density at radius 2 is 1.73 bits per heavy atom. The van der Waals surface area contributed by atoms with Crippen LogP contribution in [0.3, 0.4) is 0 Å². The van der Waals surface area contributed by atoms with Gasteiger partial charge in [-0.2, -0.15) is 8.42 Å². The third-order valence-corrected chi connectivity index (χ3v) is 9.87. The number of rotatable bonds is 19. The van der Waals surface area contributed by atoms with Crippen molar-refractivity contribution in [3.05, 3.63) is 77.4 Å². The molecule has 0 aromatic heterocycles. The van der Waals surface area contributed by atoms with Crippen LogP contribution in [0.4, 0.5) is 0 Å². The maximum absolute atomic E-state index is 13.5. The lowest BCUT2D eigenvalue weighted by atomic mass is 10.0. The quantitative estimate of drug-likeness (QED) is 0.0510. The number of hydrogen-bond donors (Lipinski definition) is 0. The zero-order chi connectivity index (χ0) is 37.8. The molecule has 1 fully saturated rings. The van der Waals surface area contributed by atoms with E-state index < -0.39 is 54.2 Å². The number of carbonyl (C=O) groups is 2. The van der Waals surface area contributed by atoms with Gasteiger partial charge in [0.1, 0.15) is 29.3 Å². The summed E-state index contributed by atoms with van der Waals surface area (Å²) >= 11 is 0. The van der Waals surface area contributed by atoms with E-state index in [0.717, 1.165) is 12.3 Å². The molecule has 0 saturated carbocycles. The van der Waals surface area contributed by atoms with Gasteiger partial charge in [-0.05, 0) is 62.1 Å². The normalized spacial score (nSPS) is 18.8. The lowest BCUT2D eigenvalue weighted by Crippen LogP contribution is -2.37. The second-order valence-electron chi connectivity index (χ2n) is 14.0. The molecule has 2 aromatic carbocycles. The highest BCUT2D eigenvalue weighted by atomic mass is 32.2. The number of carbonyl (C=O) groups excluding carboxylic acids is 2. The van der Waals surface area contributed by atoms with Crippen LogP contribution in [0.2, 0.25) is 25.7 Å². The molecule has 3 rings (SSSR count). The SMILES string of the molecule is COCOc1cc(OC)cc(/C=C/C[C@H]2OC(C)(C)O[C@@H]2C(/C=C\[C@@H](C)COS(C)(=O)=O)OC(=O)c2ccccc2)c1C(=O)OCC[Si](C)(C)C. The van der Waals surface area contributed by atoms with Crippen LogP contribution in [0.15, 0.2) is 60.7 Å². The number of methoxy groups -OCH3 is 2. The van der Waals surface area contributed by atoms with Crippen LogP contribution in [-0.4, -0.2) is 93.0 Å². The van der Waals surface area contributed by atoms with E-state index in [-0.39, 0.29) is 37.2 Å². The van der Waals surface area contributed by atoms with Crippen LogP contribution in [0.5, 0.6) is 11.5 Å². The van der Waals surface area contributed by atoms with E-state index in [1.165, 1.54) is 14.2 Å². The average molecular weight is 749 g/mol. The Morgan fingerprint density at radius 1 is 1.02 bits per heavy atom. The molecule has 1 unspecified atom stereocenters. The van der Waals surface area contributed by atoms with Crippen LogP contribution in [0.25, 0.3) is 6.08 Å².